The molecule has 3 nitrogen and oxygen atoms in total. The number of nitrogens with zero attached hydrogens (tertiary/aromatic N) is 2. The molecule has 0 amide bonds. The minimum atomic E-state index is -0.254. The van der Waals surface area contributed by atoms with Gasteiger partial charge in [-0.1, -0.05) is 6.92 Å². The third-order valence-corrected chi connectivity index (χ3v) is 5.07. The maximum Gasteiger partial charge on any atom is 0.148 e. The summed E-state index contributed by atoms with van der Waals surface area (Å²) in [7, 11) is 0. The van der Waals surface area contributed by atoms with Gasteiger partial charge >= 0.3 is 0 Å². The van der Waals surface area contributed by atoms with Crippen LogP contribution in [0, 0.1) is 5.82 Å². The van der Waals surface area contributed by atoms with Crippen LogP contribution in [0.3, 0.4) is 0 Å². The number of halogens is 1. The fourth-order valence-electron chi connectivity index (χ4n) is 2.72. The van der Waals surface area contributed by atoms with E-state index in [1.165, 1.54) is 17.7 Å². The zero-order valence-corrected chi connectivity index (χ0v) is 14.5. The van der Waals surface area contributed by atoms with Gasteiger partial charge in [-0.25, -0.2) is 9.37 Å². The van der Waals surface area contributed by atoms with Gasteiger partial charge in [-0.15, -0.1) is 11.3 Å². The van der Waals surface area contributed by atoms with Crippen LogP contribution in [0.5, 0.6) is 0 Å². The van der Waals surface area contributed by atoms with E-state index in [2.05, 4.69) is 28.3 Å². The number of thiophene rings is 1. The van der Waals surface area contributed by atoms with Crippen LogP contribution in [0.1, 0.15) is 12.5 Å². The Kier molecular flexibility index (Phi) is 4.15. The predicted octanol–water partition coefficient (Wildman–Crippen LogP) is 5.57. The summed E-state index contributed by atoms with van der Waals surface area (Å²) in [6.45, 7) is 2.14. The first-order chi connectivity index (χ1) is 12.2. The molecular weight excluding hydrogens is 333 g/mol. The molecule has 0 fully saturated rings. The van der Waals surface area contributed by atoms with Crippen molar-refractivity contribution in [1.82, 2.24) is 15.0 Å². The number of rotatable bonds is 4. The van der Waals surface area contributed by atoms with Gasteiger partial charge in [0.2, 0.25) is 0 Å². The van der Waals surface area contributed by atoms with Crippen molar-refractivity contribution in [2.24, 2.45) is 0 Å². The number of benzene rings is 1. The molecule has 124 valence electrons. The molecule has 0 saturated carbocycles. The van der Waals surface area contributed by atoms with Crippen molar-refractivity contribution in [2.45, 2.75) is 13.3 Å². The van der Waals surface area contributed by atoms with Gasteiger partial charge in [-0.2, -0.15) is 0 Å². The van der Waals surface area contributed by atoms with Crippen LogP contribution in [0.2, 0.25) is 0 Å². The van der Waals surface area contributed by atoms with Crippen LogP contribution < -0.4 is 0 Å². The third kappa shape index (κ3) is 3.10. The van der Waals surface area contributed by atoms with E-state index in [-0.39, 0.29) is 5.82 Å². The van der Waals surface area contributed by atoms with E-state index in [9.17, 15) is 4.39 Å². The summed E-state index contributed by atoms with van der Waals surface area (Å²) < 4.78 is 13.3. The minimum Gasteiger partial charge on any atom is -0.337 e. The highest BCUT2D eigenvalue weighted by atomic mass is 32.1. The molecule has 1 aromatic carbocycles. The van der Waals surface area contributed by atoms with Crippen molar-refractivity contribution in [3.8, 4) is 33.2 Å². The van der Waals surface area contributed by atoms with Gasteiger partial charge in [0.1, 0.15) is 11.6 Å². The standard InChI is InChI=1S/C20H16FN3S/c1-2-13-11-17(25-12-13)20-23-18(14-3-5-16(21)6-4-14)19(24-20)15-7-9-22-10-8-15/h3-12H,2H2,1H3,(H,23,24). The number of aromatic nitrogens is 3. The largest absolute Gasteiger partial charge is 0.337 e. The Morgan fingerprint density at radius 2 is 1.80 bits per heavy atom. The molecule has 0 aliphatic heterocycles. The molecule has 0 atom stereocenters. The molecule has 1 N–H and O–H groups in total. The van der Waals surface area contributed by atoms with Crippen molar-refractivity contribution < 1.29 is 4.39 Å². The zero-order valence-electron chi connectivity index (χ0n) is 13.7. The summed E-state index contributed by atoms with van der Waals surface area (Å²) >= 11 is 1.68. The Morgan fingerprint density at radius 3 is 2.48 bits per heavy atom. The summed E-state index contributed by atoms with van der Waals surface area (Å²) in [5, 5.41) is 2.15. The SMILES string of the molecule is CCc1csc(-c2nc(-c3ccc(F)cc3)c(-c3ccncc3)[nH]2)c1. The first-order valence-corrected chi connectivity index (χ1v) is 8.96. The van der Waals surface area contributed by atoms with E-state index in [0.29, 0.717) is 0 Å². The number of hydrogen-bond acceptors (Lipinski definition) is 3. The average Bonchev–Trinajstić information content (AvgIpc) is 3.30. The lowest BCUT2D eigenvalue weighted by atomic mass is 10.1. The van der Waals surface area contributed by atoms with Crippen LogP contribution in [0.25, 0.3) is 33.2 Å². The van der Waals surface area contributed by atoms with E-state index in [4.69, 9.17) is 4.98 Å². The first kappa shape index (κ1) is 15.7. The van der Waals surface area contributed by atoms with Crippen molar-refractivity contribution in [3.05, 3.63) is 71.6 Å². The summed E-state index contributed by atoms with van der Waals surface area (Å²) in [5.74, 6) is 0.576. The maximum atomic E-state index is 13.3. The highest BCUT2D eigenvalue weighted by Gasteiger charge is 2.16. The molecule has 0 bridgehead atoms. The number of hydrogen-bond donors (Lipinski definition) is 1. The molecule has 0 unspecified atom stereocenters. The molecule has 25 heavy (non-hydrogen) atoms. The van der Waals surface area contributed by atoms with Crippen molar-refractivity contribution in [3.63, 3.8) is 0 Å². The van der Waals surface area contributed by atoms with Gasteiger partial charge in [-0.3, -0.25) is 4.98 Å². The average molecular weight is 349 g/mol. The van der Waals surface area contributed by atoms with E-state index < -0.39 is 0 Å². The third-order valence-electron chi connectivity index (χ3n) is 4.09. The molecule has 0 radical (unpaired) electrons. The lowest BCUT2D eigenvalue weighted by Gasteiger charge is -2.02. The fraction of sp³-hybridized carbons (Fsp3) is 0.100. The molecule has 4 rings (SSSR count). The monoisotopic (exact) mass is 349 g/mol. The second-order valence-corrected chi connectivity index (χ2v) is 6.64. The van der Waals surface area contributed by atoms with E-state index >= 15 is 0 Å². The molecular formula is C20H16FN3S. The number of pyridine rings is 1. The second kappa shape index (κ2) is 6.61. The summed E-state index contributed by atoms with van der Waals surface area (Å²) in [5.41, 5.74) is 4.90. The van der Waals surface area contributed by atoms with Gasteiger partial charge in [0.15, 0.2) is 0 Å². The van der Waals surface area contributed by atoms with Crippen LogP contribution in [0.4, 0.5) is 4.39 Å². The maximum absolute atomic E-state index is 13.3. The first-order valence-electron chi connectivity index (χ1n) is 8.08. The Balaban J connectivity index is 1.87. The molecule has 0 aliphatic carbocycles. The lowest BCUT2D eigenvalue weighted by molar-refractivity contribution is 0.628. The lowest BCUT2D eigenvalue weighted by Crippen LogP contribution is -1.84. The Bertz CT molecular complexity index is 987. The summed E-state index contributed by atoms with van der Waals surface area (Å²) in [6, 6.07) is 12.5. The topological polar surface area (TPSA) is 41.6 Å². The predicted molar refractivity (Wildman–Crippen MR) is 99.9 cm³/mol. The Hall–Kier alpha value is -2.79. The highest BCUT2D eigenvalue weighted by Crippen LogP contribution is 2.34. The van der Waals surface area contributed by atoms with Crippen molar-refractivity contribution in [2.75, 3.05) is 0 Å². The number of H-pyrrole nitrogens is 1. The van der Waals surface area contributed by atoms with E-state index in [1.54, 1.807) is 35.9 Å². The normalized spacial score (nSPS) is 11.0. The molecule has 4 aromatic rings. The van der Waals surface area contributed by atoms with Gasteiger partial charge in [0.05, 0.1) is 16.3 Å². The number of imidazole rings is 1. The second-order valence-electron chi connectivity index (χ2n) is 5.72. The highest BCUT2D eigenvalue weighted by molar-refractivity contribution is 7.13. The van der Waals surface area contributed by atoms with E-state index in [1.807, 2.05) is 12.1 Å². The van der Waals surface area contributed by atoms with Crippen LogP contribution >= 0.6 is 11.3 Å². The van der Waals surface area contributed by atoms with Crippen LogP contribution in [0.15, 0.2) is 60.2 Å². The number of aromatic amines is 1. The smallest absolute Gasteiger partial charge is 0.148 e. The minimum absolute atomic E-state index is 0.254. The van der Waals surface area contributed by atoms with Gasteiger partial charge in [-0.05, 0) is 59.8 Å². The van der Waals surface area contributed by atoms with E-state index in [0.717, 1.165) is 39.6 Å². The molecule has 5 heteroatoms. The molecule has 3 aromatic heterocycles. The Labute approximate surface area is 149 Å². The van der Waals surface area contributed by atoms with Crippen LogP contribution in [-0.4, -0.2) is 15.0 Å². The quantitative estimate of drug-likeness (QED) is 0.523. The molecule has 3 heterocycles. The fourth-order valence-corrected chi connectivity index (χ4v) is 3.66. The number of nitrogens with one attached hydrogen (secondary N) is 1. The number of aryl methyl sites for hydroxylation is 1. The van der Waals surface area contributed by atoms with Gasteiger partial charge in [0, 0.05) is 23.5 Å². The van der Waals surface area contributed by atoms with Gasteiger partial charge in [0.25, 0.3) is 0 Å². The summed E-state index contributed by atoms with van der Waals surface area (Å²) in [6.07, 6.45) is 4.51. The molecule has 0 spiro atoms. The zero-order chi connectivity index (χ0) is 17.2. The van der Waals surface area contributed by atoms with Crippen LogP contribution in [-0.2, 0) is 6.42 Å². The Morgan fingerprint density at radius 1 is 1.04 bits per heavy atom. The van der Waals surface area contributed by atoms with Gasteiger partial charge < -0.3 is 4.98 Å². The van der Waals surface area contributed by atoms with Crippen molar-refractivity contribution >= 4 is 11.3 Å². The van der Waals surface area contributed by atoms with Crippen molar-refractivity contribution in [1.29, 1.82) is 0 Å². The molecule has 0 saturated heterocycles. The summed E-state index contributed by atoms with van der Waals surface area (Å²) in [4.78, 5) is 13.4. The molecule has 0 aliphatic rings.